The van der Waals surface area contributed by atoms with Gasteiger partial charge >= 0.3 is 0 Å². The first-order valence-corrected chi connectivity index (χ1v) is 8.19. The molecule has 1 aromatic heterocycles. The quantitative estimate of drug-likeness (QED) is 0.462. The topological polar surface area (TPSA) is 0 Å². The summed E-state index contributed by atoms with van der Waals surface area (Å²) in [6.45, 7) is 0. The molecule has 0 bridgehead atoms. The maximum atomic E-state index is 6.50. The summed E-state index contributed by atoms with van der Waals surface area (Å²) in [6.07, 6.45) is 9.59. The summed E-state index contributed by atoms with van der Waals surface area (Å²) in [5.41, 5.74) is 0. The Bertz CT molecular complexity index is 315. The largest absolute Gasteiger partial charge is 0.132 e. The van der Waals surface area contributed by atoms with Crippen molar-refractivity contribution in [3.8, 4) is 0 Å². The van der Waals surface area contributed by atoms with Crippen LogP contribution < -0.4 is 0 Å². The van der Waals surface area contributed by atoms with Crippen LogP contribution in [0.25, 0.3) is 0 Å². The lowest BCUT2D eigenvalue weighted by Crippen LogP contribution is -2.02. The molecule has 2 rings (SSSR count). The molecule has 0 aromatic carbocycles. The molecule has 1 atom stereocenters. The van der Waals surface area contributed by atoms with Crippen LogP contribution in [0.1, 0.15) is 55.2 Å². The molecule has 1 aliphatic rings. The lowest BCUT2D eigenvalue weighted by atomic mass is 9.94. The van der Waals surface area contributed by atoms with Gasteiger partial charge in [-0.2, -0.15) is 0 Å². The van der Waals surface area contributed by atoms with Crippen LogP contribution in [0.2, 0.25) is 0 Å². The van der Waals surface area contributed by atoms with Crippen molar-refractivity contribution in [1.29, 1.82) is 0 Å². The molecule has 90 valence electrons. The zero-order chi connectivity index (χ0) is 11.4. The highest BCUT2D eigenvalue weighted by Crippen LogP contribution is 2.38. The van der Waals surface area contributed by atoms with Crippen LogP contribution in [0.4, 0.5) is 0 Å². The van der Waals surface area contributed by atoms with Gasteiger partial charge < -0.3 is 0 Å². The smallest absolute Gasteiger partial charge is 0.0701 e. The first-order chi connectivity index (χ1) is 7.75. The Kier molecular flexibility index (Phi) is 5.18. The predicted octanol–water partition coefficient (Wildman–Crippen LogP) is 6.15. The molecule has 3 heteroatoms. The summed E-state index contributed by atoms with van der Waals surface area (Å²) in [7, 11) is 0. The average Bonchev–Trinajstić information content (AvgIpc) is 2.54. The van der Waals surface area contributed by atoms with E-state index in [0.29, 0.717) is 0 Å². The minimum atomic E-state index is 0.222. The van der Waals surface area contributed by atoms with Gasteiger partial charge in [0, 0.05) is 4.88 Å². The molecule has 0 amide bonds. The molecule has 0 aliphatic heterocycles. The molecule has 0 saturated heterocycles. The van der Waals surface area contributed by atoms with Crippen LogP contribution in [-0.4, -0.2) is 0 Å². The standard InChI is InChI=1S/C13H18BrClS/c14-13-8-7-12(16-13)11(15)9-10-5-3-1-2-4-6-10/h7-8,10-11H,1-6,9H2. The van der Waals surface area contributed by atoms with E-state index in [9.17, 15) is 0 Å². The number of hydrogen-bond donors (Lipinski definition) is 0. The van der Waals surface area contributed by atoms with E-state index in [2.05, 4.69) is 28.1 Å². The summed E-state index contributed by atoms with van der Waals surface area (Å²) in [5, 5.41) is 0.222. The van der Waals surface area contributed by atoms with Crippen molar-refractivity contribution in [2.24, 2.45) is 5.92 Å². The number of alkyl halides is 1. The van der Waals surface area contributed by atoms with Gasteiger partial charge in [0.05, 0.1) is 9.16 Å². The Morgan fingerprint density at radius 3 is 2.50 bits per heavy atom. The number of hydrogen-bond acceptors (Lipinski definition) is 1. The van der Waals surface area contributed by atoms with Crippen LogP contribution in [0.5, 0.6) is 0 Å². The van der Waals surface area contributed by atoms with Crippen LogP contribution >= 0.6 is 38.9 Å². The van der Waals surface area contributed by atoms with Crippen LogP contribution in [0.3, 0.4) is 0 Å². The van der Waals surface area contributed by atoms with Crippen molar-refractivity contribution in [3.63, 3.8) is 0 Å². The number of thiophene rings is 1. The Balaban J connectivity index is 1.88. The van der Waals surface area contributed by atoms with Gasteiger partial charge in [0.1, 0.15) is 0 Å². The molecule has 0 N–H and O–H groups in total. The number of rotatable bonds is 3. The number of halogens is 2. The molecular weight excluding hydrogens is 304 g/mol. The van der Waals surface area contributed by atoms with Gasteiger partial charge in [-0.25, -0.2) is 0 Å². The molecule has 1 unspecified atom stereocenters. The summed E-state index contributed by atoms with van der Waals surface area (Å²) >= 11 is 11.8. The second kappa shape index (κ2) is 6.42. The molecule has 1 aliphatic carbocycles. The zero-order valence-electron chi connectivity index (χ0n) is 9.42. The van der Waals surface area contributed by atoms with Crippen molar-refractivity contribution in [3.05, 3.63) is 20.8 Å². The van der Waals surface area contributed by atoms with Gasteiger partial charge in [-0.1, -0.05) is 38.5 Å². The lowest BCUT2D eigenvalue weighted by molar-refractivity contribution is 0.424. The molecule has 0 spiro atoms. The molecular formula is C13H18BrClS. The molecule has 1 aromatic rings. The minimum Gasteiger partial charge on any atom is -0.132 e. The third-order valence-electron chi connectivity index (χ3n) is 3.42. The van der Waals surface area contributed by atoms with E-state index in [0.717, 1.165) is 12.3 Å². The van der Waals surface area contributed by atoms with E-state index < -0.39 is 0 Å². The summed E-state index contributed by atoms with van der Waals surface area (Å²) in [4.78, 5) is 1.32. The van der Waals surface area contributed by atoms with E-state index in [1.54, 1.807) is 11.3 Å². The van der Waals surface area contributed by atoms with Gasteiger partial charge in [0.2, 0.25) is 0 Å². The summed E-state index contributed by atoms with van der Waals surface area (Å²) < 4.78 is 1.19. The second-order valence-corrected chi connectivity index (χ2v) is 7.72. The Morgan fingerprint density at radius 2 is 1.94 bits per heavy atom. The molecule has 0 radical (unpaired) electrons. The SMILES string of the molecule is ClC(CC1CCCCCC1)c1ccc(Br)s1. The van der Waals surface area contributed by atoms with E-state index in [4.69, 9.17) is 11.6 Å². The van der Waals surface area contributed by atoms with E-state index in [1.165, 1.54) is 47.2 Å². The minimum absolute atomic E-state index is 0.222. The molecule has 16 heavy (non-hydrogen) atoms. The van der Waals surface area contributed by atoms with Gasteiger partial charge in [-0.05, 0) is 40.4 Å². The van der Waals surface area contributed by atoms with Crippen LogP contribution in [0, 0.1) is 5.92 Å². The lowest BCUT2D eigenvalue weighted by Gasteiger charge is -2.16. The van der Waals surface area contributed by atoms with Crippen molar-refractivity contribution >= 4 is 38.9 Å². The van der Waals surface area contributed by atoms with Gasteiger partial charge in [0.25, 0.3) is 0 Å². The molecule has 1 heterocycles. The van der Waals surface area contributed by atoms with Crippen molar-refractivity contribution < 1.29 is 0 Å². The highest BCUT2D eigenvalue weighted by molar-refractivity contribution is 9.11. The average molecular weight is 322 g/mol. The van der Waals surface area contributed by atoms with Crippen molar-refractivity contribution in [2.75, 3.05) is 0 Å². The summed E-state index contributed by atoms with van der Waals surface area (Å²) in [5.74, 6) is 0.853. The first kappa shape index (κ1) is 12.9. The zero-order valence-corrected chi connectivity index (χ0v) is 12.6. The summed E-state index contributed by atoms with van der Waals surface area (Å²) in [6, 6.07) is 4.26. The Hall–Kier alpha value is 0.470. The first-order valence-electron chi connectivity index (χ1n) is 6.15. The monoisotopic (exact) mass is 320 g/mol. The van der Waals surface area contributed by atoms with Gasteiger partial charge in [0.15, 0.2) is 0 Å². The Labute approximate surface area is 116 Å². The van der Waals surface area contributed by atoms with Gasteiger partial charge in [-0.15, -0.1) is 22.9 Å². The fourth-order valence-electron chi connectivity index (χ4n) is 2.51. The van der Waals surface area contributed by atoms with E-state index in [-0.39, 0.29) is 5.38 Å². The maximum Gasteiger partial charge on any atom is 0.0701 e. The van der Waals surface area contributed by atoms with Crippen LogP contribution in [0.15, 0.2) is 15.9 Å². The Morgan fingerprint density at radius 1 is 1.25 bits per heavy atom. The fraction of sp³-hybridized carbons (Fsp3) is 0.692. The second-order valence-electron chi connectivity index (χ2n) is 4.70. The van der Waals surface area contributed by atoms with E-state index in [1.807, 2.05) is 0 Å². The van der Waals surface area contributed by atoms with Gasteiger partial charge in [-0.3, -0.25) is 0 Å². The highest BCUT2D eigenvalue weighted by Gasteiger charge is 2.18. The normalized spacial score (nSPS) is 20.6. The fourth-order valence-corrected chi connectivity index (χ4v) is 4.38. The third-order valence-corrected chi connectivity index (χ3v) is 5.70. The van der Waals surface area contributed by atoms with Crippen LogP contribution in [-0.2, 0) is 0 Å². The van der Waals surface area contributed by atoms with E-state index >= 15 is 0 Å². The van der Waals surface area contributed by atoms with Crippen molar-refractivity contribution in [2.45, 2.75) is 50.3 Å². The molecule has 1 saturated carbocycles. The molecule has 0 nitrogen and oxygen atoms in total. The molecule has 1 fully saturated rings. The highest BCUT2D eigenvalue weighted by atomic mass is 79.9. The van der Waals surface area contributed by atoms with Crippen molar-refractivity contribution in [1.82, 2.24) is 0 Å². The predicted molar refractivity (Wildman–Crippen MR) is 76.4 cm³/mol. The third kappa shape index (κ3) is 3.75. The maximum absolute atomic E-state index is 6.50.